The fourth-order valence-corrected chi connectivity index (χ4v) is 3.52. The molecule has 1 atom stereocenters. The molecule has 0 aliphatic heterocycles. The molecule has 0 fully saturated rings. The van der Waals surface area contributed by atoms with Crippen molar-refractivity contribution in [3.05, 3.63) is 66.4 Å². The molecule has 0 spiro atoms. The summed E-state index contributed by atoms with van der Waals surface area (Å²) in [7, 11) is 1.72. The van der Waals surface area contributed by atoms with Crippen molar-refractivity contribution >= 4 is 29.0 Å². The van der Waals surface area contributed by atoms with Crippen LogP contribution in [0.2, 0.25) is 0 Å². The number of benzene rings is 2. The van der Waals surface area contributed by atoms with Gasteiger partial charge in [0.2, 0.25) is 5.95 Å². The summed E-state index contributed by atoms with van der Waals surface area (Å²) in [6.45, 7) is 8.68. The molecule has 0 aliphatic rings. The molecule has 0 bridgehead atoms. The SMILES string of the molecule is CCCC(Nc1cc(C(=O)N(C)c2ccccc2)nc(Nc2ccccc2O)n1)C(C)(C)C. The second-order valence-corrected chi connectivity index (χ2v) is 9.16. The summed E-state index contributed by atoms with van der Waals surface area (Å²) in [6.07, 6.45) is 1.98. The number of nitrogens with zero attached hydrogens (tertiary/aromatic N) is 3. The smallest absolute Gasteiger partial charge is 0.276 e. The number of nitrogens with one attached hydrogen (secondary N) is 2. The van der Waals surface area contributed by atoms with Gasteiger partial charge in [-0.3, -0.25) is 4.79 Å². The Bertz CT molecular complexity index is 1080. The molecule has 3 N–H and O–H groups in total. The summed E-state index contributed by atoms with van der Waals surface area (Å²) in [4.78, 5) is 23.9. The number of aromatic nitrogens is 2. The van der Waals surface area contributed by atoms with Gasteiger partial charge in [0.1, 0.15) is 17.3 Å². The van der Waals surface area contributed by atoms with E-state index in [1.807, 2.05) is 30.3 Å². The van der Waals surface area contributed by atoms with Gasteiger partial charge < -0.3 is 20.6 Å². The number of carbonyl (C=O) groups excluding carboxylic acids is 1. The normalized spacial score (nSPS) is 12.2. The number of phenols is 1. The van der Waals surface area contributed by atoms with Crippen LogP contribution in [0.15, 0.2) is 60.7 Å². The predicted octanol–water partition coefficient (Wildman–Crippen LogP) is 5.83. The Morgan fingerprint density at radius 1 is 1.06 bits per heavy atom. The lowest BCUT2D eigenvalue weighted by atomic mass is 9.84. The summed E-state index contributed by atoms with van der Waals surface area (Å²) >= 11 is 0. The van der Waals surface area contributed by atoms with E-state index in [2.05, 4.69) is 48.3 Å². The first-order chi connectivity index (χ1) is 15.7. The molecule has 0 saturated carbocycles. The number of rotatable bonds is 8. The topological polar surface area (TPSA) is 90.4 Å². The largest absolute Gasteiger partial charge is 0.506 e. The van der Waals surface area contributed by atoms with Crippen LogP contribution in [0.1, 0.15) is 51.0 Å². The average Bonchev–Trinajstić information content (AvgIpc) is 2.79. The van der Waals surface area contributed by atoms with Gasteiger partial charge in [-0.25, -0.2) is 4.98 Å². The molecule has 1 heterocycles. The van der Waals surface area contributed by atoms with E-state index in [4.69, 9.17) is 0 Å². The van der Waals surface area contributed by atoms with Crippen LogP contribution in [0.4, 0.5) is 23.1 Å². The Morgan fingerprint density at radius 2 is 1.73 bits per heavy atom. The van der Waals surface area contributed by atoms with Gasteiger partial charge in [-0.15, -0.1) is 0 Å². The van der Waals surface area contributed by atoms with Crippen molar-refractivity contribution in [3.8, 4) is 5.75 Å². The lowest BCUT2D eigenvalue weighted by molar-refractivity contribution is 0.0988. The molecule has 3 aromatic rings. The van der Waals surface area contributed by atoms with Crippen LogP contribution >= 0.6 is 0 Å². The van der Waals surface area contributed by atoms with Crippen LogP contribution in [-0.2, 0) is 0 Å². The number of hydrogen-bond donors (Lipinski definition) is 3. The second kappa shape index (κ2) is 10.3. The first kappa shape index (κ1) is 24.0. The fraction of sp³-hybridized carbons (Fsp3) is 0.346. The number of para-hydroxylation sites is 3. The predicted molar refractivity (Wildman–Crippen MR) is 134 cm³/mol. The van der Waals surface area contributed by atoms with Crippen LogP contribution < -0.4 is 15.5 Å². The van der Waals surface area contributed by atoms with Gasteiger partial charge in [-0.05, 0) is 36.1 Å². The molecule has 1 amide bonds. The summed E-state index contributed by atoms with van der Waals surface area (Å²) in [5, 5.41) is 16.7. The van der Waals surface area contributed by atoms with E-state index in [-0.39, 0.29) is 34.8 Å². The van der Waals surface area contributed by atoms with Crippen molar-refractivity contribution < 1.29 is 9.90 Å². The van der Waals surface area contributed by atoms with Gasteiger partial charge in [0.05, 0.1) is 5.69 Å². The highest BCUT2D eigenvalue weighted by atomic mass is 16.3. The molecule has 0 saturated heterocycles. The quantitative estimate of drug-likeness (QED) is 0.377. The minimum atomic E-state index is -0.255. The molecule has 3 rings (SSSR count). The van der Waals surface area contributed by atoms with Gasteiger partial charge in [0.25, 0.3) is 5.91 Å². The van der Waals surface area contributed by atoms with E-state index in [0.29, 0.717) is 11.5 Å². The Hall–Kier alpha value is -3.61. The molecule has 2 aromatic carbocycles. The summed E-state index contributed by atoms with van der Waals surface area (Å²) < 4.78 is 0. The van der Waals surface area contributed by atoms with Crippen molar-refractivity contribution in [1.82, 2.24) is 9.97 Å². The number of carbonyl (C=O) groups is 1. The third-order valence-electron chi connectivity index (χ3n) is 5.49. The highest BCUT2D eigenvalue weighted by Crippen LogP contribution is 2.29. The summed E-state index contributed by atoms with van der Waals surface area (Å²) in [5.41, 5.74) is 1.48. The van der Waals surface area contributed by atoms with Crippen molar-refractivity contribution in [2.45, 2.75) is 46.6 Å². The maximum Gasteiger partial charge on any atom is 0.276 e. The van der Waals surface area contributed by atoms with E-state index in [0.717, 1.165) is 18.5 Å². The number of phenolic OH excluding ortho intramolecular Hbond substituents is 1. The first-order valence-electron chi connectivity index (χ1n) is 11.2. The maximum absolute atomic E-state index is 13.3. The summed E-state index contributed by atoms with van der Waals surface area (Å²) in [6, 6.07) is 18.1. The number of anilines is 4. The van der Waals surface area contributed by atoms with Crippen LogP contribution in [-0.4, -0.2) is 34.1 Å². The molecule has 1 aromatic heterocycles. The van der Waals surface area contributed by atoms with E-state index in [9.17, 15) is 9.90 Å². The zero-order chi connectivity index (χ0) is 24.0. The van der Waals surface area contributed by atoms with E-state index in [1.54, 1.807) is 42.3 Å². The number of amides is 1. The number of aromatic hydroxyl groups is 1. The Labute approximate surface area is 195 Å². The Morgan fingerprint density at radius 3 is 2.36 bits per heavy atom. The lowest BCUT2D eigenvalue weighted by Gasteiger charge is -2.32. The van der Waals surface area contributed by atoms with Crippen molar-refractivity contribution in [1.29, 1.82) is 0 Å². The molecular weight excluding hydrogens is 414 g/mol. The van der Waals surface area contributed by atoms with Crippen molar-refractivity contribution in [3.63, 3.8) is 0 Å². The van der Waals surface area contributed by atoms with Crippen LogP contribution in [0.5, 0.6) is 5.75 Å². The Balaban J connectivity index is 1.99. The maximum atomic E-state index is 13.3. The van der Waals surface area contributed by atoms with E-state index in [1.165, 1.54) is 0 Å². The minimum absolute atomic E-state index is 0.00273. The van der Waals surface area contributed by atoms with Gasteiger partial charge in [-0.2, -0.15) is 4.98 Å². The fourth-order valence-electron chi connectivity index (χ4n) is 3.52. The molecule has 1 unspecified atom stereocenters. The second-order valence-electron chi connectivity index (χ2n) is 9.16. The van der Waals surface area contributed by atoms with Gasteiger partial charge >= 0.3 is 0 Å². The molecule has 174 valence electrons. The molecule has 7 heteroatoms. The van der Waals surface area contributed by atoms with Crippen LogP contribution in [0.25, 0.3) is 0 Å². The molecule has 0 radical (unpaired) electrons. The third kappa shape index (κ3) is 6.22. The standard InChI is InChI=1S/C26H33N5O2/c1-6-12-22(26(2,3)4)29-23-17-20(24(33)31(5)18-13-8-7-9-14-18)28-25(30-23)27-19-15-10-11-16-21(19)32/h7-11,13-17,22,32H,6,12H2,1-5H3,(H2,27,28,29,30). The summed E-state index contributed by atoms with van der Waals surface area (Å²) in [5.74, 6) is 0.610. The van der Waals surface area contributed by atoms with Gasteiger partial charge in [-0.1, -0.05) is 64.4 Å². The van der Waals surface area contributed by atoms with E-state index < -0.39 is 0 Å². The average molecular weight is 448 g/mol. The van der Waals surface area contributed by atoms with Crippen molar-refractivity contribution in [2.75, 3.05) is 22.6 Å². The zero-order valence-corrected chi connectivity index (χ0v) is 20.0. The molecular formula is C26H33N5O2. The van der Waals surface area contributed by atoms with Gasteiger partial charge in [0, 0.05) is 24.8 Å². The Kier molecular flexibility index (Phi) is 7.53. The van der Waals surface area contributed by atoms with Crippen molar-refractivity contribution in [2.24, 2.45) is 5.41 Å². The molecule has 7 nitrogen and oxygen atoms in total. The molecule has 0 aliphatic carbocycles. The zero-order valence-electron chi connectivity index (χ0n) is 20.0. The minimum Gasteiger partial charge on any atom is -0.506 e. The van der Waals surface area contributed by atoms with Crippen LogP contribution in [0.3, 0.4) is 0 Å². The highest BCUT2D eigenvalue weighted by Gasteiger charge is 2.25. The molecule has 33 heavy (non-hydrogen) atoms. The van der Waals surface area contributed by atoms with Gasteiger partial charge in [0.15, 0.2) is 0 Å². The lowest BCUT2D eigenvalue weighted by Crippen LogP contribution is -2.34. The van der Waals surface area contributed by atoms with E-state index >= 15 is 0 Å². The number of hydrogen-bond acceptors (Lipinski definition) is 6. The highest BCUT2D eigenvalue weighted by molar-refractivity contribution is 6.05. The third-order valence-corrected chi connectivity index (χ3v) is 5.49. The van der Waals surface area contributed by atoms with Crippen LogP contribution in [0, 0.1) is 5.41 Å². The monoisotopic (exact) mass is 447 g/mol. The first-order valence-corrected chi connectivity index (χ1v) is 11.2.